The second-order valence-electron chi connectivity index (χ2n) is 4.76. The summed E-state index contributed by atoms with van der Waals surface area (Å²) in [6, 6.07) is 5.44. The van der Waals surface area contributed by atoms with E-state index in [1.807, 2.05) is 17.0 Å². The largest absolute Gasteiger partial charge is 0.465 e. The molecule has 0 aromatic heterocycles. The summed E-state index contributed by atoms with van der Waals surface area (Å²) in [5.74, 6) is -0.398. The average Bonchev–Trinajstić information content (AvgIpc) is 2.72. The number of hydrogen-bond acceptors (Lipinski definition) is 4. The van der Waals surface area contributed by atoms with Gasteiger partial charge in [0.1, 0.15) is 0 Å². The first-order valence-electron chi connectivity index (χ1n) is 6.63. The highest BCUT2D eigenvalue weighted by atomic mass is 79.9. The normalized spacial score (nSPS) is 15.5. The summed E-state index contributed by atoms with van der Waals surface area (Å²) < 4.78 is 5.62. The number of carbonyl (C=O) groups is 2. The number of esters is 1. The van der Waals surface area contributed by atoms with Gasteiger partial charge in [-0.05, 0) is 24.6 Å². The van der Waals surface area contributed by atoms with Crippen LogP contribution in [0.5, 0.6) is 0 Å². The van der Waals surface area contributed by atoms with Gasteiger partial charge < -0.3 is 19.6 Å². The molecule has 1 aliphatic heterocycles. The Morgan fingerprint density at radius 3 is 2.67 bits per heavy atom. The van der Waals surface area contributed by atoms with Crippen LogP contribution in [0.1, 0.15) is 16.8 Å². The van der Waals surface area contributed by atoms with Gasteiger partial charge in [-0.1, -0.05) is 15.9 Å². The predicted octanol–water partition coefficient (Wildman–Crippen LogP) is 2.43. The lowest BCUT2D eigenvalue weighted by atomic mass is 10.1. The molecule has 114 valence electrons. The molecule has 1 N–H and O–H groups in total. The highest BCUT2D eigenvalue weighted by molar-refractivity contribution is 9.10. The van der Waals surface area contributed by atoms with Crippen LogP contribution < -0.4 is 4.90 Å². The zero-order valence-corrected chi connectivity index (χ0v) is 13.3. The van der Waals surface area contributed by atoms with Crippen molar-refractivity contribution in [2.75, 3.05) is 38.2 Å². The Morgan fingerprint density at radius 1 is 1.24 bits per heavy atom. The van der Waals surface area contributed by atoms with E-state index < -0.39 is 12.1 Å². The van der Waals surface area contributed by atoms with E-state index in [2.05, 4.69) is 15.9 Å². The predicted molar refractivity (Wildman–Crippen MR) is 81.9 cm³/mol. The third-order valence-corrected chi connectivity index (χ3v) is 3.96. The Morgan fingerprint density at radius 2 is 2.00 bits per heavy atom. The fourth-order valence-electron chi connectivity index (χ4n) is 2.41. The molecule has 1 heterocycles. The van der Waals surface area contributed by atoms with Crippen molar-refractivity contribution < 1.29 is 19.4 Å². The van der Waals surface area contributed by atoms with Gasteiger partial charge in [0.15, 0.2) is 0 Å². The van der Waals surface area contributed by atoms with Crippen molar-refractivity contribution in [3.63, 3.8) is 0 Å². The summed E-state index contributed by atoms with van der Waals surface area (Å²) in [7, 11) is 1.35. The highest BCUT2D eigenvalue weighted by Gasteiger charge is 2.22. The van der Waals surface area contributed by atoms with Gasteiger partial charge in [0.05, 0.1) is 18.4 Å². The maximum absolute atomic E-state index is 11.9. The molecule has 1 saturated heterocycles. The van der Waals surface area contributed by atoms with Crippen molar-refractivity contribution in [3.05, 3.63) is 28.2 Å². The maximum Gasteiger partial charge on any atom is 0.407 e. The van der Waals surface area contributed by atoms with Gasteiger partial charge in [-0.15, -0.1) is 0 Å². The SMILES string of the molecule is COC(=O)c1cc(Br)ccc1N1CCCN(C(=O)O)CC1. The first-order valence-corrected chi connectivity index (χ1v) is 7.43. The van der Waals surface area contributed by atoms with Gasteiger partial charge in [-0.3, -0.25) is 0 Å². The van der Waals surface area contributed by atoms with Gasteiger partial charge in [-0.2, -0.15) is 0 Å². The maximum atomic E-state index is 11.9. The summed E-state index contributed by atoms with van der Waals surface area (Å²) >= 11 is 3.35. The molecule has 1 aromatic rings. The number of amides is 1. The van der Waals surface area contributed by atoms with Crippen LogP contribution in [0.15, 0.2) is 22.7 Å². The molecule has 1 aromatic carbocycles. The zero-order chi connectivity index (χ0) is 15.4. The molecule has 6 nitrogen and oxygen atoms in total. The molecule has 0 aliphatic carbocycles. The average molecular weight is 357 g/mol. The number of halogens is 1. The Kier molecular flexibility index (Phi) is 5.06. The van der Waals surface area contributed by atoms with E-state index in [-0.39, 0.29) is 0 Å². The van der Waals surface area contributed by atoms with E-state index in [9.17, 15) is 9.59 Å². The molecule has 0 unspecified atom stereocenters. The molecule has 0 saturated carbocycles. The van der Waals surface area contributed by atoms with Crippen LogP contribution in [0, 0.1) is 0 Å². The van der Waals surface area contributed by atoms with E-state index in [4.69, 9.17) is 9.84 Å². The van der Waals surface area contributed by atoms with Gasteiger partial charge in [0.2, 0.25) is 0 Å². The van der Waals surface area contributed by atoms with E-state index in [1.54, 1.807) is 6.07 Å². The van der Waals surface area contributed by atoms with Crippen molar-refractivity contribution in [2.24, 2.45) is 0 Å². The Bertz CT molecular complexity index is 550. The molecular weight excluding hydrogens is 340 g/mol. The molecule has 1 aliphatic rings. The van der Waals surface area contributed by atoms with Crippen LogP contribution in [-0.4, -0.2) is 55.4 Å². The molecule has 0 bridgehead atoms. The second-order valence-corrected chi connectivity index (χ2v) is 5.68. The topological polar surface area (TPSA) is 70.1 Å². The molecule has 7 heteroatoms. The van der Waals surface area contributed by atoms with Gasteiger partial charge >= 0.3 is 12.1 Å². The molecule has 2 rings (SSSR count). The number of rotatable bonds is 2. The van der Waals surface area contributed by atoms with E-state index in [0.717, 1.165) is 16.6 Å². The quantitative estimate of drug-likeness (QED) is 0.824. The van der Waals surface area contributed by atoms with E-state index >= 15 is 0 Å². The van der Waals surface area contributed by atoms with Gasteiger partial charge in [-0.25, -0.2) is 9.59 Å². The summed E-state index contributed by atoms with van der Waals surface area (Å²) in [6.07, 6.45) is -0.177. The Balaban J connectivity index is 2.25. The minimum atomic E-state index is -0.902. The monoisotopic (exact) mass is 356 g/mol. The van der Waals surface area contributed by atoms with Gasteiger partial charge in [0.25, 0.3) is 0 Å². The minimum Gasteiger partial charge on any atom is -0.465 e. The van der Waals surface area contributed by atoms with Crippen LogP contribution in [0.25, 0.3) is 0 Å². The number of methoxy groups -OCH3 is 1. The van der Waals surface area contributed by atoms with Crippen molar-refractivity contribution in [2.45, 2.75) is 6.42 Å². The number of carboxylic acid groups (broad SMARTS) is 1. The first-order chi connectivity index (χ1) is 10.0. The molecule has 0 atom stereocenters. The van der Waals surface area contributed by atoms with Crippen LogP contribution in [-0.2, 0) is 4.74 Å². The molecular formula is C14H17BrN2O4. The summed E-state index contributed by atoms with van der Waals surface area (Å²) in [4.78, 5) is 26.4. The number of anilines is 1. The third kappa shape index (κ3) is 3.66. The first kappa shape index (κ1) is 15.6. The van der Waals surface area contributed by atoms with Crippen LogP contribution in [0.3, 0.4) is 0 Å². The number of ether oxygens (including phenoxy) is 1. The standard InChI is InChI=1S/C14H17BrN2O4/c1-21-13(18)11-9-10(15)3-4-12(11)16-5-2-6-17(8-7-16)14(19)20/h3-4,9H,2,5-8H2,1H3,(H,19,20). The Hall–Kier alpha value is -1.76. The Labute approximate surface area is 131 Å². The highest BCUT2D eigenvalue weighted by Crippen LogP contribution is 2.26. The zero-order valence-electron chi connectivity index (χ0n) is 11.7. The summed E-state index contributed by atoms with van der Waals surface area (Å²) in [5, 5.41) is 9.06. The van der Waals surface area contributed by atoms with Crippen molar-refractivity contribution in [1.82, 2.24) is 4.90 Å². The number of nitrogens with zero attached hydrogens (tertiary/aromatic N) is 2. The summed E-state index contributed by atoms with van der Waals surface area (Å²) in [5.41, 5.74) is 1.26. The lowest BCUT2D eigenvalue weighted by Crippen LogP contribution is -2.34. The molecule has 21 heavy (non-hydrogen) atoms. The van der Waals surface area contributed by atoms with Gasteiger partial charge in [0, 0.05) is 30.7 Å². The molecule has 1 fully saturated rings. The van der Waals surface area contributed by atoms with Crippen LogP contribution >= 0.6 is 15.9 Å². The molecule has 0 spiro atoms. The lowest BCUT2D eigenvalue weighted by Gasteiger charge is -2.25. The lowest BCUT2D eigenvalue weighted by molar-refractivity contribution is 0.0601. The number of carbonyl (C=O) groups excluding carboxylic acids is 1. The minimum absolute atomic E-state index is 0.398. The number of benzene rings is 1. The molecule has 0 radical (unpaired) electrons. The fourth-order valence-corrected chi connectivity index (χ4v) is 2.77. The smallest absolute Gasteiger partial charge is 0.407 e. The number of hydrogen-bond donors (Lipinski definition) is 1. The van der Waals surface area contributed by atoms with Crippen molar-refractivity contribution >= 4 is 33.7 Å². The molecule has 1 amide bonds. The summed E-state index contributed by atoms with van der Waals surface area (Å²) in [6.45, 7) is 2.19. The van der Waals surface area contributed by atoms with Crippen molar-refractivity contribution in [3.8, 4) is 0 Å². The van der Waals surface area contributed by atoms with E-state index in [0.29, 0.717) is 31.7 Å². The van der Waals surface area contributed by atoms with Crippen molar-refractivity contribution in [1.29, 1.82) is 0 Å². The third-order valence-electron chi connectivity index (χ3n) is 3.47. The fraction of sp³-hybridized carbons (Fsp3) is 0.429. The second kappa shape index (κ2) is 6.80. The van der Waals surface area contributed by atoms with Crippen LogP contribution in [0.4, 0.5) is 10.5 Å². The van der Waals surface area contributed by atoms with E-state index in [1.165, 1.54) is 12.0 Å². The van der Waals surface area contributed by atoms with Crippen LogP contribution in [0.2, 0.25) is 0 Å².